The number of ether oxygens (including phenoxy) is 1. The molecule has 0 N–H and O–H groups in total. The van der Waals surface area contributed by atoms with E-state index in [2.05, 4.69) is 26.8 Å². The number of methoxy groups -OCH3 is 1. The number of hydrogen-bond acceptors (Lipinski definition) is 5. The van der Waals surface area contributed by atoms with Crippen molar-refractivity contribution in [2.24, 2.45) is 0 Å². The van der Waals surface area contributed by atoms with E-state index in [0.29, 0.717) is 6.61 Å². The minimum Gasteiger partial charge on any atom is -0.385 e. The van der Waals surface area contributed by atoms with E-state index in [4.69, 9.17) is 9.72 Å². The zero-order valence-corrected chi connectivity index (χ0v) is 17.5. The predicted molar refractivity (Wildman–Crippen MR) is 111 cm³/mol. The summed E-state index contributed by atoms with van der Waals surface area (Å²) < 4.78 is 6.94. The first kappa shape index (κ1) is 19.1. The summed E-state index contributed by atoms with van der Waals surface area (Å²) in [7, 11) is 1.71. The first-order chi connectivity index (χ1) is 12.5. The van der Waals surface area contributed by atoms with Gasteiger partial charge in [0.2, 0.25) is 0 Å². The molecule has 0 saturated heterocycles. The fourth-order valence-corrected chi connectivity index (χ4v) is 4.92. The van der Waals surface area contributed by atoms with Gasteiger partial charge in [-0.3, -0.25) is 9.36 Å². The largest absolute Gasteiger partial charge is 0.385 e. The van der Waals surface area contributed by atoms with Gasteiger partial charge in [-0.2, -0.15) is 0 Å². The summed E-state index contributed by atoms with van der Waals surface area (Å²) in [5.41, 5.74) is 4.27. The molecule has 0 amide bonds. The van der Waals surface area contributed by atoms with E-state index in [1.54, 1.807) is 34.8 Å². The first-order valence-corrected chi connectivity index (χ1v) is 10.5. The van der Waals surface area contributed by atoms with Crippen LogP contribution in [-0.2, 0) is 4.74 Å². The molecule has 0 unspecified atom stereocenters. The Morgan fingerprint density at radius 2 is 1.96 bits per heavy atom. The van der Waals surface area contributed by atoms with Gasteiger partial charge in [0.1, 0.15) is 4.83 Å². The molecule has 1 aromatic carbocycles. The second-order valence-electron chi connectivity index (χ2n) is 6.41. The maximum Gasteiger partial charge on any atom is 0.267 e. The Labute approximate surface area is 162 Å². The molecular formula is C20H24N2O2S2. The minimum atomic E-state index is 0.0276. The molecule has 0 aliphatic carbocycles. The number of thioether (sulfide) groups is 1. The summed E-state index contributed by atoms with van der Waals surface area (Å²) in [6, 6.07) is 6.08. The van der Waals surface area contributed by atoms with Crippen LogP contribution in [0.25, 0.3) is 15.9 Å². The highest BCUT2D eigenvalue weighted by Gasteiger charge is 2.19. The lowest BCUT2D eigenvalue weighted by Gasteiger charge is -2.15. The average Bonchev–Trinajstić information content (AvgIpc) is 2.89. The molecule has 0 saturated carbocycles. The summed E-state index contributed by atoms with van der Waals surface area (Å²) in [5, 5.41) is 1.50. The summed E-state index contributed by atoms with van der Waals surface area (Å²) in [6.45, 7) is 8.90. The molecular weight excluding hydrogens is 364 g/mol. The van der Waals surface area contributed by atoms with Crippen molar-refractivity contribution in [2.75, 3.05) is 19.5 Å². The SMILES string of the molecule is COCCCSc1nc2sc(C)c(C)c2c(=O)n1-c1cccc(C)c1C. The van der Waals surface area contributed by atoms with E-state index in [9.17, 15) is 4.79 Å². The molecule has 0 bridgehead atoms. The van der Waals surface area contributed by atoms with E-state index in [0.717, 1.165) is 49.2 Å². The fraction of sp³-hybridized carbons (Fsp3) is 0.400. The zero-order valence-electron chi connectivity index (χ0n) is 15.9. The Balaban J connectivity index is 2.23. The van der Waals surface area contributed by atoms with Crippen LogP contribution in [0.1, 0.15) is 28.0 Å². The number of rotatable bonds is 6. The molecule has 2 heterocycles. The quantitative estimate of drug-likeness (QED) is 0.345. The maximum atomic E-state index is 13.4. The number of aryl methyl sites for hydroxylation is 3. The fourth-order valence-electron chi connectivity index (χ4n) is 2.93. The van der Waals surface area contributed by atoms with Crippen molar-refractivity contribution in [2.45, 2.75) is 39.3 Å². The van der Waals surface area contributed by atoms with Gasteiger partial charge in [-0.05, 0) is 56.9 Å². The van der Waals surface area contributed by atoms with Gasteiger partial charge < -0.3 is 4.74 Å². The smallest absolute Gasteiger partial charge is 0.267 e. The van der Waals surface area contributed by atoms with Gasteiger partial charge in [0.05, 0.1) is 11.1 Å². The maximum absolute atomic E-state index is 13.4. The van der Waals surface area contributed by atoms with Gasteiger partial charge in [-0.1, -0.05) is 23.9 Å². The predicted octanol–water partition coefficient (Wildman–Crippen LogP) is 4.81. The van der Waals surface area contributed by atoms with Crippen molar-refractivity contribution < 1.29 is 4.74 Å². The van der Waals surface area contributed by atoms with Crippen LogP contribution in [0.2, 0.25) is 0 Å². The second kappa shape index (κ2) is 7.94. The molecule has 0 radical (unpaired) electrons. The number of hydrogen-bond donors (Lipinski definition) is 0. The molecule has 0 fully saturated rings. The van der Waals surface area contributed by atoms with Crippen molar-refractivity contribution in [3.8, 4) is 5.69 Å². The average molecular weight is 389 g/mol. The molecule has 0 spiro atoms. The van der Waals surface area contributed by atoms with Crippen molar-refractivity contribution in [1.82, 2.24) is 9.55 Å². The Hall–Kier alpha value is -1.63. The summed E-state index contributed by atoms with van der Waals surface area (Å²) >= 11 is 3.22. The molecule has 138 valence electrons. The summed E-state index contributed by atoms with van der Waals surface area (Å²) in [5.74, 6) is 0.861. The van der Waals surface area contributed by atoms with Gasteiger partial charge in [-0.25, -0.2) is 4.98 Å². The highest BCUT2D eigenvalue weighted by atomic mass is 32.2. The highest BCUT2D eigenvalue weighted by Crippen LogP contribution is 2.30. The summed E-state index contributed by atoms with van der Waals surface area (Å²) in [4.78, 5) is 20.3. The number of nitrogens with zero attached hydrogens (tertiary/aromatic N) is 2. The highest BCUT2D eigenvalue weighted by molar-refractivity contribution is 7.99. The van der Waals surface area contributed by atoms with E-state index in [1.165, 1.54) is 5.56 Å². The first-order valence-electron chi connectivity index (χ1n) is 8.66. The lowest BCUT2D eigenvalue weighted by atomic mass is 10.1. The second-order valence-corrected chi connectivity index (χ2v) is 8.68. The zero-order chi connectivity index (χ0) is 18.8. The Kier molecular flexibility index (Phi) is 5.85. The van der Waals surface area contributed by atoms with Gasteiger partial charge in [-0.15, -0.1) is 11.3 Å². The van der Waals surface area contributed by atoms with Crippen LogP contribution in [0.15, 0.2) is 28.2 Å². The molecule has 26 heavy (non-hydrogen) atoms. The van der Waals surface area contributed by atoms with Crippen molar-refractivity contribution in [3.63, 3.8) is 0 Å². The molecule has 4 nitrogen and oxygen atoms in total. The Morgan fingerprint density at radius 1 is 1.19 bits per heavy atom. The van der Waals surface area contributed by atoms with Crippen molar-refractivity contribution >= 4 is 33.3 Å². The van der Waals surface area contributed by atoms with Crippen LogP contribution in [0, 0.1) is 27.7 Å². The molecule has 3 aromatic rings. The van der Waals surface area contributed by atoms with Gasteiger partial charge in [0.15, 0.2) is 5.16 Å². The molecule has 3 rings (SSSR count). The summed E-state index contributed by atoms with van der Waals surface area (Å²) in [6.07, 6.45) is 0.921. The van der Waals surface area contributed by atoms with Crippen LogP contribution >= 0.6 is 23.1 Å². The molecule has 0 aliphatic rings. The molecule has 6 heteroatoms. The van der Waals surface area contributed by atoms with Gasteiger partial charge >= 0.3 is 0 Å². The molecule has 2 aromatic heterocycles. The van der Waals surface area contributed by atoms with E-state index < -0.39 is 0 Å². The van der Waals surface area contributed by atoms with Gasteiger partial charge in [0.25, 0.3) is 5.56 Å². The van der Waals surface area contributed by atoms with Crippen molar-refractivity contribution in [1.29, 1.82) is 0 Å². The van der Waals surface area contributed by atoms with E-state index in [-0.39, 0.29) is 5.56 Å². The Morgan fingerprint density at radius 3 is 2.69 bits per heavy atom. The lowest BCUT2D eigenvalue weighted by Crippen LogP contribution is -2.22. The lowest BCUT2D eigenvalue weighted by molar-refractivity contribution is 0.200. The standard InChI is InChI=1S/C20H24N2O2S2/c1-12-8-6-9-16(13(12)2)22-19(23)17-14(3)15(4)26-18(17)21-20(22)25-11-7-10-24-5/h6,8-9H,7,10-11H2,1-5H3. The Bertz CT molecular complexity index is 1010. The van der Waals surface area contributed by atoms with Crippen molar-refractivity contribution in [3.05, 3.63) is 50.1 Å². The third kappa shape index (κ3) is 3.46. The molecule has 0 atom stereocenters. The van der Waals surface area contributed by atoms with Crippen LogP contribution in [0.4, 0.5) is 0 Å². The number of fused-ring (bicyclic) bond motifs is 1. The van der Waals surface area contributed by atoms with Crippen LogP contribution in [-0.4, -0.2) is 29.0 Å². The third-order valence-electron chi connectivity index (χ3n) is 4.71. The number of aromatic nitrogens is 2. The third-order valence-corrected chi connectivity index (χ3v) is 6.84. The van der Waals surface area contributed by atoms with Gasteiger partial charge in [0, 0.05) is 24.3 Å². The normalized spacial score (nSPS) is 11.4. The van der Waals surface area contributed by atoms with Crippen LogP contribution in [0.5, 0.6) is 0 Å². The number of thiophene rings is 1. The van der Waals surface area contributed by atoms with Crippen LogP contribution < -0.4 is 5.56 Å². The van der Waals surface area contributed by atoms with Crippen LogP contribution in [0.3, 0.4) is 0 Å². The minimum absolute atomic E-state index is 0.0276. The topological polar surface area (TPSA) is 44.1 Å². The molecule has 0 aliphatic heterocycles. The monoisotopic (exact) mass is 388 g/mol. The van der Waals surface area contributed by atoms with E-state index in [1.807, 2.05) is 19.1 Å². The van der Waals surface area contributed by atoms with E-state index >= 15 is 0 Å². The number of benzene rings is 1.